The summed E-state index contributed by atoms with van der Waals surface area (Å²) in [5.74, 6) is 1.80. The molecule has 17 heavy (non-hydrogen) atoms. The van der Waals surface area contributed by atoms with E-state index in [1.165, 1.54) is 23.5 Å². The van der Waals surface area contributed by atoms with E-state index < -0.39 is 10.0 Å². The minimum absolute atomic E-state index is 0.110. The van der Waals surface area contributed by atoms with E-state index in [1.54, 1.807) is 6.92 Å². The van der Waals surface area contributed by atoms with E-state index in [1.807, 2.05) is 0 Å². The first-order valence-electron chi connectivity index (χ1n) is 4.95. The first-order valence-corrected chi connectivity index (χ1v) is 9.21. The molecule has 0 aliphatic rings. The third-order valence-corrected chi connectivity index (χ3v) is 7.89. The Hall–Kier alpha value is 1.57. The largest absolute Gasteiger partial charge is 0.480 e. The molecule has 1 N–H and O–H groups in total. The van der Waals surface area contributed by atoms with E-state index in [2.05, 4.69) is 50.5 Å². The lowest BCUT2D eigenvalue weighted by molar-refractivity contribution is -0.136. The summed E-state index contributed by atoms with van der Waals surface area (Å²) in [6.07, 6.45) is 0. The lowest BCUT2D eigenvalue weighted by atomic mass is 10.5. The van der Waals surface area contributed by atoms with Gasteiger partial charge in [-0.05, 0) is 6.92 Å². The zero-order valence-corrected chi connectivity index (χ0v) is 14.7. The van der Waals surface area contributed by atoms with Crippen molar-refractivity contribution in [3.05, 3.63) is 0 Å². The number of carboxylic acids is 1. The Morgan fingerprint density at radius 3 is 1.76 bits per heavy atom. The molecule has 0 saturated heterocycles. The maximum atomic E-state index is 11.3. The van der Waals surface area contributed by atoms with Crippen LogP contribution in [0.4, 0.5) is 0 Å². The normalized spacial score (nSPS) is 18.4. The number of thioether (sulfide) groups is 2. The quantitative estimate of drug-likeness (QED) is 0.327. The summed E-state index contributed by atoms with van der Waals surface area (Å²) >= 11 is 19.7. The average Bonchev–Trinajstić information content (AvgIpc) is 2.32. The molecule has 0 aliphatic heterocycles. The van der Waals surface area contributed by atoms with Crippen molar-refractivity contribution in [3.8, 4) is 0 Å². The van der Waals surface area contributed by atoms with E-state index in [9.17, 15) is 9.90 Å². The fourth-order valence-electron chi connectivity index (χ4n) is 0.781. The zero-order chi connectivity index (χ0) is 13.5. The summed E-state index contributed by atoms with van der Waals surface area (Å²) < 4.78 is -0.853. The third-order valence-electron chi connectivity index (χ3n) is 1.91. The Morgan fingerprint density at radius 2 is 1.53 bits per heavy atom. The number of rotatable bonds is 9. The Kier molecular flexibility index (Phi) is 10.3. The van der Waals surface area contributed by atoms with Gasteiger partial charge in [0.1, 0.15) is 0 Å². The van der Waals surface area contributed by atoms with Crippen LogP contribution in [0.25, 0.3) is 0 Å². The van der Waals surface area contributed by atoms with Crippen LogP contribution in [0.1, 0.15) is 6.92 Å². The molecule has 0 amide bonds. The van der Waals surface area contributed by atoms with Gasteiger partial charge in [0.2, 0.25) is 0 Å². The van der Waals surface area contributed by atoms with Crippen molar-refractivity contribution < 1.29 is 9.90 Å². The summed E-state index contributed by atoms with van der Waals surface area (Å²) in [5.41, 5.74) is 0. The van der Waals surface area contributed by atoms with Crippen molar-refractivity contribution in [2.24, 2.45) is 0 Å². The highest BCUT2D eigenvalue weighted by Crippen LogP contribution is 2.39. The van der Waals surface area contributed by atoms with E-state index in [0.29, 0.717) is 23.0 Å². The molecule has 0 fully saturated rings. The van der Waals surface area contributed by atoms with Crippen LogP contribution >= 0.6 is 74.0 Å². The van der Waals surface area contributed by atoms with Crippen molar-refractivity contribution >= 4 is 80.0 Å². The number of carboxylic acid groups (broad SMARTS) is 1. The molecule has 0 aromatic heterocycles. The highest BCUT2D eigenvalue weighted by molar-refractivity contribution is 8.19. The number of aliphatic carboxylic acids is 1. The monoisotopic (exact) mass is 350 g/mol. The van der Waals surface area contributed by atoms with Crippen molar-refractivity contribution in [2.45, 2.75) is 21.5 Å². The van der Waals surface area contributed by atoms with E-state index >= 15 is 0 Å². The van der Waals surface area contributed by atoms with Gasteiger partial charge in [-0.25, -0.2) is 4.79 Å². The second-order valence-corrected chi connectivity index (χ2v) is 8.87. The van der Waals surface area contributed by atoms with Gasteiger partial charge in [-0.1, -0.05) is 0 Å². The van der Waals surface area contributed by atoms with Crippen LogP contribution in [0.2, 0.25) is 0 Å². The Bertz CT molecular complexity index is 224. The predicted octanol–water partition coefficient (Wildman–Crippen LogP) is 2.71. The molecule has 102 valence electrons. The molecule has 0 spiro atoms. The Morgan fingerprint density at radius 1 is 1.18 bits per heavy atom. The summed E-state index contributed by atoms with van der Waals surface area (Å²) in [4.78, 5) is 11.3. The minimum Gasteiger partial charge on any atom is -0.480 e. The molecule has 2 unspecified atom stereocenters. The van der Waals surface area contributed by atoms with Crippen molar-refractivity contribution in [1.82, 2.24) is 0 Å². The second kappa shape index (κ2) is 9.47. The van der Waals surface area contributed by atoms with Gasteiger partial charge in [0, 0.05) is 33.5 Å². The van der Waals surface area contributed by atoms with Gasteiger partial charge in [-0.15, -0.1) is 23.5 Å². The maximum Gasteiger partial charge on any atom is 0.329 e. The predicted molar refractivity (Wildman–Crippen MR) is 94.2 cm³/mol. The van der Waals surface area contributed by atoms with Crippen LogP contribution < -0.4 is 0 Å². The van der Waals surface area contributed by atoms with Gasteiger partial charge in [-0.2, -0.15) is 50.5 Å². The molecule has 2 atom stereocenters. The van der Waals surface area contributed by atoms with Gasteiger partial charge in [0.05, 0.1) is 0 Å². The third kappa shape index (κ3) is 7.67. The lowest BCUT2D eigenvalue weighted by Crippen LogP contribution is -2.30. The highest BCUT2D eigenvalue weighted by atomic mass is 32.2. The molecular formula is C9H18O2S6. The molecule has 0 rings (SSSR count). The number of hydrogen-bond acceptors (Lipinski definition) is 7. The van der Waals surface area contributed by atoms with Gasteiger partial charge >= 0.3 is 5.97 Å². The van der Waals surface area contributed by atoms with Gasteiger partial charge in [0.15, 0.2) is 4.08 Å². The van der Waals surface area contributed by atoms with Crippen LogP contribution in [0.5, 0.6) is 0 Å². The molecule has 0 radical (unpaired) electrons. The molecule has 0 aromatic rings. The van der Waals surface area contributed by atoms with Gasteiger partial charge in [0.25, 0.3) is 0 Å². The van der Waals surface area contributed by atoms with Crippen LogP contribution in [0.3, 0.4) is 0 Å². The number of hydrogen-bond donors (Lipinski definition) is 5. The van der Waals surface area contributed by atoms with Crippen molar-refractivity contribution in [1.29, 1.82) is 0 Å². The molecule has 2 nitrogen and oxygen atoms in total. The molecule has 0 heterocycles. The molecule has 8 heteroatoms. The standard InChI is InChI=1S/C9H18O2S6/c1-9(8(10)11,16-4-6(14)2-12)17-5-7(15)3-13/h6-7,12-15H,2-5H2,1H3,(H,10,11). The van der Waals surface area contributed by atoms with Crippen LogP contribution in [0.15, 0.2) is 0 Å². The summed E-state index contributed by atoms with van der Waals surface area (Å²) in [5, 5.41) is 9.49. The zero-order valence-electron chi connectivity index (χ0n) is 9.44. The van der Waals surface area contributed by atoms with Crippen molar-refractivity contribution in [3.63, 3.8) is 0 Å². The van der Waals surface area contributed by atoms with Crippen LogP contribution in [0, 0.1) is 0 Å². The fourth-order valence-corrected chi connectivity index (χ4v) is 4.08. The average molecular weight is 351 g/mol. The molecular weight excluding hydrogens is 332 g/mol. The lowest BCUT2D eigenvalue weighted by Gasteiger charge is -2.25. The fraction of sp³-hybridized carbons (Fsp3) is 0.889. The summed E-state index contributed by atoms with van der Waals surface area (Å²) in [7, 11) is 0. The molecule has 0 bridgehead atoms. The van der Waals surface area contributed by atoms with Crippen LogP contribution in [-0.2, 0) is 4.79 Å². The van der Waals surface area contributed by atoms with Gasteiger partial charge in [-0.3, -0.25) is 0 Å². The molecule has 0 saturated carbocycles. The summed E-state index contributed by atoms with van der Waals surface area (Å²) in [6.45, 7) is 1.72. The molecule has 0 aromatic carbocycles. The van der Waals surface area contributed by atoms with Gasteiger partial charge < -0.3 is 5.11 Å². The summed E-state index contributed by atoms with van der Waals surface area (Å²) in [6, 6.07) is 0. The smallest absolute Gasteiger partial charge is 0.329 e. The first kappa shape index (κ1) is 18.6. The Labute approximate surface area is 133 Å². The SMILES string of the molecule is CC(SCC(S)CS)(SCC(S)CS)C(=O)O. The topological polar surface area (TPSA) is 37.3 Å². The van der Waals surface area contributed by atoms with Crippen molar-refractivity contribution in [2.75, 3.05) is 23.0 Å². The molecule has 0 aliphatic carbocycles. The first-order chi connectivity index (χ1) is 7.85. The van der Waals surface area contributed by atoms with E-state index in [0.717, 1.165) is 0 Å². The number of carbonyl (C=O) groups is 1. The maximum absolute atomic E-state index is 11.3. The number of thiol groups is 4. The van der Waals surface area contributed by atoms with E-state index in [-0.39, 0.29) is 10.5 Å². The van der Waals surface area contributed by atoms with Crippen LogP contribution in [-0.4, -0.2) is 48.7 Å². The Balaban J connectivity index is 4.31. The minimum atomic E-state index is -0.853. The van der Waals surface area contributed by atoms with E-state index in [4.69, 9.17) is 0 Å². The highest BCUT2D eigenvalue weighted by Gasteiger charge is 2.35. The second-order valence-electron chi connectivity index (χ2n) is 3.55.